The van der Waals surface area contributed by atoms with Crippen molar-refractivity contribution in [3.05, 3.63) is 33.9 Å². The lowest BCUT2D eigenvalue weighted by atomic mass is 10.1. The molecule has 0 heterocycles. The summed E-state index contributed by atoms with van der Waals surface area (Å²) in [4.78, 5) is 10.5. The van der Waals surface area contributed by atoms with E-state index in [-0.39, 0.29) is 16.7 Å². The molecular weight excluding hydrogens is 206 g/mol. The maximum absolute atomic E-state index is 10.8. The van der Waals surface area contributed by atoms with Crippen LogP contribution < -0.4 is 11.1 Å². The number of hydrogen-bond acceptors (Lipinski definition) is 4. The minimum Gasteiger partial charge on any atom is -0.381 e. The molecule has 0 spiro atoms. The smallest absolute Gasteiger partial charge is 0.274 e. The van der Waals surface area contributed by atoms with Gasteiger partial charge in [0.1, 0.15) is 0 Å². The number of rotatable bonds is 5. The third-order valence-corrected chi connectivity index (χ3v) is 2.43. The topological polar surface area (TPSA) is 81.2 Å². The van der Waals surface area contributed by atoms with E-state index in [0.29, 0.717) is 13.0 Å². The number of nitro groups is 1. The predicted octanol–water partition coefficient (Wildman–Crippen LogP) is 1.92. The molecule has 0 amide bonds. The zero-order chi connectivity index (χ0) is 12.1. The van der Waals surface area contributed by atoms with Crippen molar-refractivity contribution in [1.29, 1.82) is 0 Å². The largest absolute Gasteiger partial charge is 0.381 e. The number of anilines is 1. The summed E-state index contributed by atoms with van der Waals surface area (Å²) < 4.78 is 0. The van der Waals surface area contributed by atoms with Gasteiger partial charge in [0.25, 0.3) is 5.69 Å². The van der Waals surface area contributed by atoms with Crippen molar-refractivity contribution in [2.45, 2.75) is 26.3 Å². The minimum absolute atomic E-state index is 0.104. The lowest BCUT2D eigenvalue weighted by Gasteiger charge is -2.13. The van der Waals surface area contributed by atoms with Crippen molar-refractivity contribution in [1.82, 2.24) is 0 Å². The van der Waals surface area contributed by atoms with Crippen LogP contribution in [0, 0.1) is 10.1 Å². The first-order chi connectivity index (χ1) is 7.58. The van der Waals surface area contributed by atoms with Crippen LogP contribution in [0.2, 0.25) is 0 Å². The number of nitro benzene ring substituents is 1. The van der Waals surface area contributed by atoms with Crippen molar-refractivity contribution in [3.8, 4) is 0 Å². The van der Waals surface area contributed by atoms with E-state index in [1.54, 1.807) is 12.1 Å². The van der Waals surface area contributed by atoms with E-state index in [4.69, 9.17) is 5.73 Å². The second kappa shape index (κ2) is 5.46. The summed E-state index contributed by atoms with van der Waals surface area (Å²) in [6, 6.07) is 5.29. The van der Waals surface area contributed by atoms with E-state index in [2.05, 4.69) is 5.32 Å². The van der Waals surface area contributed by atoms with Gasteiger partial charge in [-0.05, 0) is 19.4 Å². The zero-order valence-electron chi connectivity index (χ0n) is 9.56. The van der Waals surface area contributed by atoms with E-state index in [0.717, 1.165) is 11.3 Å². The monoisotopic (exact) mass is 223 g/mol. The molecule has 5 heteroatoms. The van der Waals surface area contributed by atoms with Crippen molar-refractivity contribution < 1.29 is 4.92 Å². The molecule has 3 N–H and O–H groups in total. The highest BCUT2D eigenvalue weighted by Crippen LogP contribution is 2.23. The Morgan fingerprint density at radius 3 is 2.75 bits per heavy atom. The van der Waals surface area contributed by atoms with E-state index < -0.39 is 0 Å². The number of nitrogens with two attached hydrogens (primary N) is 1. The molecule has 0 saturated carbocycles. The van der Waals surface area contributed by atoms with Crippen molar-refractivity contribution in [2.24, 2.45) is 5.73 Å². The number of nitrogens with one attached hydrogen (secondary N) is 1. The standard InChI is InChI=1S/C11H17N3O2/c1-3-9-4-5-10(13-8(2)7-12)6-11(9)14(15)16/h4-6,8,13H,3,7,12H2,1-2H3. The van der Waals surface area contributed by atoms with Crippen LogP contribution in [0.1, 0.15) is 19.4 Å². The Bertz CT molecular complexity index is 379. The first kappa shape index (κ1) is 12.4. The molecule has 88 valence electrons. The van der Waals surface area contributed by atoms with Gasteiger partial charge in [0.15, 0.2) is 0 Å². The molecule has 1 aromatic rings. The lowest BCUT2D eigenvalue weighted by Crippen LogP contribution is -2.25. The lowest BCUT2D eigenvalue weighted by molar-refractivity contribution is -0.385. The molecule has 1 atom stereocenters. The van der Waals surface area contributed by atoms with Crippen molar-refractivity contribution >= 4 is 11.4 Å². The van der Waals surface area contributed by atoms with Crippen LogP contribution >= 0.6 is 0 Å². The molecule has 0 aliphatic carbocycles. The van der Waals surface area contributed by atoms with Gasteiger partial charge in [0.2, 0.25) is 0 Å². The van der Waals surface area contributed by atoms with Crippen LogP contribution in [-0.4, -0.2) is 17.5 Å². The molecule has 16 heavy (non-hydrogen) atoms. The molecule has 0 saturated heterocycles. The van der Waals surface area contributed by atoms with Crippen LogP contribution in [-0.2, 0) is 6.42 Å². The Kier molecular flexibility index (Phi) is 4.25. The van der Waals surface area contributed by atoms with E-state index in [1.165, 1.54) is 0 Å². The summed E-state index contributed by atoms with van der Waals surface area (Å²) in [5.41, 5.74) is 7.13. The fourth-order valence-electron chi connectivity index (χ4n) is 1.47. The van der Waals surface area contributed by atoms with Gasteiger partial charge in [0, 0.05) is 29.9 Å². The average Bonchev–Trinajstić information content (AvgIpc) is 2.28. The van der Waals surface area contributed by atoms with Gasteiger partial charge in [-0.15, -0.1) is 0 Å². The zero-order valence-corrected chi connectivity index (χ0v) is 9.56. The molecule has 0 bridgehead atoms. The fourth-order valence-corrected chi connectivity index (χ4v) is 1.47. The number of nitrogens with zero attached hydrogens (tertiary/aromatic N) is 1. The van der Waals surface area contributed by atoms with Gasteiger partial charge in [-0.1, -0.05) is 13.0 Å². The van der Waals surface area contributed by atoms with Gasteiger partial charge < -0.3 is 11.1 Å². The van der Waals surface area contributed by atoms with E-state index >= 15 is 0 Å². The Labute approximate surface area is 94.8 Å². The van der Waals surface area contributed by atoms with Gasteiger partial charge in [-0.3, -0.25) is 10.1 Å². The Morgan fingerprint density at radius 1 is 1.56 bits per heavy atom. The fraction of sp³-hybridized carbons (Fsp3) is 0.455. The molecule has 1 unspecified atom stereocenters. The minimum atomic E-state index is -0.350. The highest BCUT2D eigenvalue weighted by Gasteiger charge is 2.13. The van der Waals surface area contributed by atoms with Crippen molar-refractivity contribution in [2.75, 3.05) is 11.9 Å². The van der Waals surface area contributed by atoms with Crippen LogP contribution in [0.15, 0.2) is 18.2 Å². The highest BCUT2D eigenvalue weighted by molar-refractivity contribution is 5.55. The molecule has 0 aliphatic heterocycles. The van der Waals surface area contributed by atoms with Crippen molar-refractivity contribution in [3.63, 3.8) is 0 Å². The Balaban J connectivity index is 2.97. The molecule has 0 aliphatic rings. The summed E-state index contributed by atoms with van der Waals surface area (Å²) in [5.74, 6) is 0. The van der Waals surface area contributed by atoms with Crippen LogP contribution in [0.25, 0.3) is 0 Å². The first-order valence-corrected chi connectivity index (χ1v) is 5.32. The SMILES string of the molecule is CCc1ccc(NC(C)CN)cc1[N+](=O)[O-]. The first-order valence-electron chi connectivity index (χ1n) is 5.32. The van der Waals surface area contributed by atoms with Crippen LogP contribution in [0.3, 0.4) is 0 Å². The third-order valence-electron chi connectivity index (χ3n) is 2.43. The molecule has 1 rings (SSSR count). The summed E-state index contributed by atoms with van der Waals surface area (Å²) in [6.07, 6.45) is 0.656. The molecule has 0 aromatic heterocycles. The van der Waals surface area contributed by atoms with Crippen LogP contribution in [0.5, 0.6) is 0 Å². The van der Waals surface area contributed by atoms with E-state index in [9.17, 15) is 10.1 Å². The second-order valence-electron chi connectivity index (χ2n) is 3.74. The van der Waals surface area contributed by atoms with Gasteiger partial charge in [0.05, 0.1) is 4.92 Å². The second-order valence-corrected chi connectivity index (χ2v) is 3.74. The summed E-state index contributed by atoms with van der Waals surface area (Å²) in [7, 11) is 0. The van der Waals surface area contributed by atoms with Gasteiger partial charge >= 0.3 is 0 Å². The van der Waals surface area contributed by atoms with Crippen LogP contribution in [0.4, 0.5) is 11.4 Å². The highest BCUT2D eigenvalue weighted by atomic mass is 16.6. The number of benzene rings is 1. The predicted molar refractivity (Wildman–Crippen MR) is 64.6 cm³/mol. The Morgan fingerprint density at radius 2 is 2.25 bits per heavy atom. The Hall–Kier alpha value is -1.62. The number of aryl methyl sites for hydroxylation is 1. The number of hydrogen-bond donors (Lipinski definition) is 2. The molecule has 0 radical (unpaired) electrons. The molecule has 1 aromatic carbocycles. The van der Waals surface area contributed by atoms with E-state index in [1.807, 2.05) is 19.9 Å². The summed E-state index contributed by atoms with van der Waals surface area (Å²) in [6.45, 7) is 4.32. The molecule has 0 fully saturated rings. The third kappa shape index (κ3) is 2.93. The molecule has 5 nitrogen and oxygen atoms in total. The maximum atomic E-state index is 10.8. The quantitative estimate of drug-likeness (QED) is 0.590. The van der Waals surface area contributed by atoms with Gasteiger partial charge in [-0.25, -0.2) is 0 Å². The summed E-state index contributed by atoms with van der Waals surface area (Å²) in [5, 5.41) is 13.9. The average molecular weight is 223 g/mol. The maximum Gasteiger partial charge on any atom is 0.274 e. The summed E-state index contributed by atoms with van der Waals surface area (Å²) >= 11 is 0. The molecular formula is C11H17N3O2. The normalized spacial score (nSPS) is 12.2. The van der Waals surface area contributed by atoms with Gasteiger partial charge in [-0.2, -0.15) is 0 Å².